The molecule has 3 N–H and O–H groups in total. The van der Waals surface area contributed by atoms with E-state index < -0.39 is 12.0 Å². The van der Waals surface area contributed by atoms with Crippen LogP contribution in [-0.4, -0.2) is 55.7 Å². The first-order valence-electron chi connectivity index (χ1n) is 10.2. The number of carboxylic acids is 1. The number of H-pyrrole nitrogens is 1. The van der Waals surface area contributed by atoms with Gasteiger partial charge in [0.25, 0.3) is 0 Å². The van der Waals surface area contributed by atoms with Crippen molar-refractivity contribution < 1.29 is 14.7 Å². The molecule has 1 aliphatic carbocycles. The Balaban J connectivity index is 1.54. The Hall–Kier alpha value is -2.74. The van der Waals surface area contributed by atoms with Gasteiger partial charge in [-0.25, -0.2) is 4.98 Å². The molecule has 0 bridgehead atoms. The molecule has 1 saturated carbocycles. The molecule has 29 heavy (non-hydrogen) atoms. The summed E-state index contributed by atoms with van der Waals surface area (Å²) in [5.74, 6) is 0.557. The normalized spacial score (nSPS) is 24.3. The number of fused-ring (bicyclic) bond motifs is 1. The summed E-state index contributed by atoms with van der Waals surface area (Å²) in [7, 11) is 0. The molecule has 4 rings (SSSR count). The molecule has 2 aromatic rings. The van der Waals surface area contributed by atoms with Gasteiger partial charge in [-0.1, -0.05) is 18.9 Å². The predicted octanol–water partition coefficient (Wildman–Crippen LogP) is 2.74. The Morgan fingerprint density at radius 1 is 1.28 bits per heavy atom. The van der Waals surface area contributed by atoms with Crippen molar-refractivity contribution in [3.05, 3.63) is 29.6 Å². The van der Waals surface area contributed by atoms with E-state index in [1.807, 2.05) is 36.9 Å². The predicted molar refractivity (Wildman–Crippen MR) is 108 cm³/mol. The maximum Gasteiger partial charge on any atom is 0.320 e. The van der Waals surface area contributed by atoms with Crippen molar-refractivity contribution in [2.24, 2.45) is 5.92 Å². The van der Waals surface area contributed by atoms with Gasteiger partial charge in [0.2, 0.25) is 5.91 Å². The molecule has 8 nitrogen and oxygen atoms in total. The third-order valence-corrected chi connectivity index (χ3v) is 6.12. The number of aliphatic carboxylic acids is 1. The number of anilines is 1. The van der Waals surface area contributed by atoms with E-state index in [0.29, 0.717) is 29.7 Å². The number of rotatable bonds is 5. The largest absolute Gasteiger partial charge is 0.480 e. The number of hydrogen-bond acceptors (Lipinski definition) is 5. The summed E-state index contributed by atoms with van der Waals surface area (Å²) in [6.45, 7) is 3.86. The van der Waals surface area contributed by atoms with Gasteiger partial charge in [-0.2, -0.15) is 5.10 Å². The summed E-state index contributed by atoms with van der Waals surface area (Å²) >= 11 is 0. The minimum absolute atomic E-state index is 0.0819. The second kappa shape index (κ2) is 7.94. The molecule has 1 saturated heterocycles. The summed E-state index contributed by atoms with van der Waals surface area (Å²) in [5.41, 5.74) is 2.38. The highest BCUT2D eigenvalue weighted by molar-refractivity contribution is 5.96. The highest BCUT2D eigenvalue weighted by Gasteiger charge is 2.45. The van der Waals surface area contributed by atoms with Crippen molar-refractivity contribution in [3.8, 4) is 11.4 Å². The van der Waals surface area contributed by atoms with Crippen molar-refractivity contribution >= 4 is 17.6 Å². The Kier molecular flexibility index (Phi) is 5.36. The highest BCUT2D eigenvalue weighted by atomic mass is 16.4. The van der Waals surface area contributed by atoms with Gasteiger partial charge < -0.3 is 10.4 Å². The van der Waals surface area contributed by atoms with Crippen LogP contribution in [0.25, 0.3) is 11.4 Å². The lowest BCUT2D eigenvalue weighted by Crippen LogP contribution is -2.46. The molecule has 2 aliphatic rings. The van der Waals surface area contributed by atoms with Crippen LogP contribution < -0.4 is 5.32 Å². The third kappa shape index (κ3) is 4.03. The van der Waals surface area contributed by atoms with Crippen LogP contribution in [0.2, 0.25) is 0 Å². The molecule has 1 aromatic heterocycles. The molecule has 154 valence electrons. The first-order valence-corrected chi connectivity index (χ1v) is 10.2. The van der Waals surface area contributed by atoms with E-state index in [1.54, 1.807) is 0 Å². The fraction of sp³-hybridized carbons (Fsp3) is 0.524. The number of hydrogen-bond donors (Lipinski definition) is 3. The summed E-state index contributed by atoms with van der Waals surface area (Å²) in [6.07, 6.45) is 4.90. The van der Waals surface area contributed by atoms with E-state index in [2.05, 4.69) is 20.5 Å². The number of nitrogens with zero attached hydrogens (tertiary/aromatic N) is 3. The number of amides is 1. The van der Waals surface area contributed by atoms with Crippen LogP contribution in [0.15, 0.2) is 18.2 Å². The number of carbonyl (C=O) groups is 2. The SMILES string of the molecule is Cc1ccc(-c2n[nH]c(C)n2)c(NC(=O)CN2C(C(=O)O)CC3CCCCC32)c1. The molecule has 3 unspecified atom stereocenters. The molecule has 2 fully saturated rings. The van der Waals surface area contributed by atoms with Gasteiger partial charge in [0, 0.05) is 11.6 Å². The van der Waals surface area contributed by atoms with Crippen LogP contribution in [0.1, 0.15) is 43.5 Å². The lowest BCUT2D eigenvalue weighted by atomic mass is 9.85. The fourth-order valence-corrected chi connectivity index (χ4v) is 4.80. The zero-order valence-corrected chi connectivity index (χ0v) is 16.8. The molecule has 8 heteroatoms. The van der Waals surface area contributed by atoms with Crippen LogP contribution in [0.5, 0.6) is 0 Å². The monoisotopic (exact) mass is 397 g/mol. The average Bonchev–Trinajstić information content (AvgIpc) is 3.26. The molecule has 1 aromatic carbocycles. The van der Waals surface area contributed by atoms with Gasteiger partial charge in [0.15, 0.2) is 5.82 Å². The Morgan fingerprint density at radius 2 is 2.07 bits per heavy atom. The summed E-state index contributed by atoms with van der Waals surface area (Å²) in [4.78, 5) is 31.0. The Bertz CT molecular complexity index is 925. The van der Waals surface area contributed by atoms with Crippen molar-refractivity contribution in [2.75, 3.05) is 11.9 Å². The standard InChI is InChI=1S/C21H27N5O3/c1-12-7-8-15(20-22-13(2)24-25-20)16(9-12)23-19(27)11-26-17-6-4-3-5-14(17)10-18(26)21(28)29/h7-9,14,17-18H,3-6,10-11H2,1-2H3,(H,23,27)(H,28,29)(H,22,24,25). The number of nitrogens with one attached hydrogen (secondary N) is 2. The van der Waals surface area contributed by atoms with Crippen LogP contribution in [-0.2, 0) is 9.59 Å². The van der Waals surface area contributed by atoms with Gasteiger partial charge in [0.05, 0.1) is 12.2 Å². The number of aromatic amines is 1. The zero-order chi connectivity index (χ0) is 20.5. The number of benzene rings is 1. The third-order valence-electron chi connectivity index (χ3n) is 6.12. The minimum atomic E-state index is -0.834. The molecule has 3 atom stereocenters. The summed E-state index contributed by atoms with van der Waals surface area (Å²) in [6, 6.07) is 5.33. The lowest BCUT2D eigenvalue weighted by Gasteiger charge is -2.32. The highest BCUT2D eigenvalue weighted by Crippen LogP contribution is 2.39. The summed E-state index contributed by atoms with van der Waals surface area (Å²) < 4.78 is 0. The molecular formula is C21H27N5O3. The quantitative estimate of drug-likeness (QED) is 0.715. The van der Waals surface area contributed by atoms with Gasteiger partial charge in [-0.05, 0) is 56.7 Å². The van der Waals surface area contributed by atoms with Gasteiger partial charge in [-0.3, -0.25) is 19.6 Å². The van der Waals surface area contributed by atoms with Crippen LogP contribution >= 0.6 is 0 Å². The topological polar surface area (TPSA) is 111 Å². The van der Waals surface area contributed by atoms with Crippen LogP contribution in [0, 0.1) is 19.8 Å². The van der Waals surface area contributed by atoms with E-state index in [-0.39, 0.29) is 18.5 Å². The van der Waals surface area contributed by atoms with Crippen molar-refractivity contribution in [3.63, 3.8) is 0 Å². The minimum Gasteiger partial charge on any atom is -0.480 e. The van der Waals surface area contributed by atoms with E-state index in [9.17, 15) is 14.7 Å². The van der Waals surface area contributed by atoms with E-state index in [0.717, 1.165) is 36.8 Å². The molecule has 1 aliphatic heterocycles. The van der Waals surface area contributed by atoms with Crippen LogP contribution in [0.3, 0.4) is 0 Å². The maximum absolute atomic E-state index is 12.9. The van der Waals surface area contributed by atoms with Gasteiger partial charge in [-0.15, -0.1) is 0 Å². The van der Waals surface area contributed by atoms with Crippen molar-refractivity contribution in [1.29, 1.82) is 0 Å². The van der Waals surface area contributed by atoms with Crippen molar-refractivity contribution in [1.82, 2.24) is 20.1 Å². The first-order chi connectivity index (χ1) is 13.9. The maximum atomic E-state index is 12.9. The molecular weight excluding hydrogens is 370 g/mol. The van der Waals surface area contributed by atoms with Crippen molar-refractivity contribution in [2.45, 2.75) is 58.0 Å². The fourth-order valence-electron chi connectivity index (χ4n) is 4.80. The Morgan fingerprint density at radius 3 is 2.79 bits per heavy atom. The van der Waals surface area contributed by atoms with Crippen LogP contribution in [0.4, 0.5) is 5.69 Å². The number of carbonyl (C=O) groups excluding carboxylic acids is 1. The van der Waals surface area contributed by atoms with E-state index >= 15 is 0 Å². The molecule has 0 spiro atoms. The number of carboxylic acid groups (broad SMARTS) is 1. The second-order valence-corrected chi connectivity index (χ2v) is 8.22. The Labute approximate surface area is 169 Å². The number of likely N-dealkylation sites (tertiary alicyclic amines) is 1. The zero-order valence-electron chi connectivity index (χ0n) is 16.8. The molecule has 0 radical (unpaired) electrons. The smallest absolute Gasteiger partial charge is 0.320 e. The second-order valence-electron chi connectivity index (χ2n) is 8.22. The molecule has 1 amide bonds. The van der Waals surface area contributed by atoms with E-state index in [1.165, 1.54) is 0 Å². The number of aromatic nitrogens is 3. The summed E-state index contributed by atoms with van der Waals surface area (Å²) in [5, 5.41) is 19.7. The van der Waals surface area contributed by atoms with E-state index in [4.69, 9.17) is 0 Å². The number of aryl methyl sites for hydroxylation is 2. The average molecular weight is 397 g/mol. The first kappa shape index (κ1) is 19.6. The van der Waals surface area contributed by atoms with Gasteiger partial charge in [0.1, 0.15) is 11.9 Å². The molecule has 2 heterocycles. The lowest BCUT2D eigenvalue weighted by molar-refractivity contribution is -0.143. The van der Waals surface area contributed by atoms with Gasteiger partial charge >= 0.3 is 5.97 Å².